The monoisotopic (exact) mass is 136 g/mol. The molecule has 1 aliphatic rings. The van der Waals surface area contributed by atoms with Gasteiger partial charge in [0.15, 0.2) is 0 Å². The zero-order valence-electron chi connectivity index (χ0n) is 5.53. The van der Waals surface area contributed by atoms with Crippen molar-refractivity contribution in [1.82, 2.24) is 4.57 Å². The number of hydrogen-bond donors (Lipinski definition) is 0. The first-order valence-electron chi connectivity index (χ1n) is 2.79. The smallest absolute Gasteiger partial charge is 0.0259 e. The van der Waals surface area contributed by atoms with Crippen LogP contribution in [0.5, 0.6) is 0 Å². The highest BCUT2D eigenvalue weighted by molar-refractivity contribution is 5.75. The SMILES string of the molecule is C1=Cn2cccc2C1.F.[B]. The highest BCUT2D eigenvalue weighted by atomic mass is 19.0. The van der Waals surface area contributed by atoms with Crippen LogP contribution in [0.25, 0.3) is 6.20 Å². The summed E-state index contributed by atoms with van der Waals surface area (Å²) in [4.78, 5) is 0. The highest BCUT2D eigenvalue weighted by Gasteiger charge is 1.99. The van der Waals surface area contributed by atoms with Crippen LogP contribution in [0.15, 0.2) is 24.4 Å². The van der Waals surface area contributed by atoms with Crippen molar-refractivity contribution in [2.75, 3.05) is 0 Å². The number of allylic oxidation sites excluding steroid dienone is 1. The van der Waals surface area contributed by atoms with E-state index in [2.05, 4.69) is 35.2 Å². The predicted molar refractivity (Wildman–Crippen MR) is 41.7 cm³/mol. The molecule has 0 aliphatic carbocycles. The summed E-state index contributed by atoms with van der Waals surface area (Å²) in [6.45, 7) is 0. The van der Waals surface area contributed by atoms with E-state index in [1.807, 2.05) is 0 Å². The van der Waals surface area contributed by atoms with Crippen molar-refractivity contribution in [3.63, 3.8) is 0 Å². The molecule has 0 saturated heterocycles. The molecule has 3 radical (unpaired) electrons. The molecule has 1 nitrogen and oxygen atoms in total. The number of hydrogen-bond acceptors (Lipinski definition) is 0. The minimum Gasteiger partial charge on any atom is -0.328 e. The second-order valence-electron chi connectivity index (χ2n) is 2.00. The molecule has 0 unspecified atom stereocenters. The van der Waals surface area contributed by atoms with Gasteiger partial charge in [0, 0.05) is 32.9 Å². The largest absolute Gasteiger partial charge is 0.328 e. The molecule has 0 N–H and O–H groups in total. The zero-order valence-corrected chi connectivity index (χ0v) is 5.53. The van der Waals surface area contributed by atoms with Gasteiger partial charge in [-0.15, -0.1) is 0 Å². The van der Waals surface area contributed by atoms with Gasteiger partial charge in [0.25, 0.3) is 0 Å². The predicted octanol–water partition coefficient (Wildman–Crippen LogP) is 1.29. The number of fused-ring (bicyclic) bond motifs is 1. The normalized spacial score (nSPS) is 11.6. The van der Waals surface area contributed by atoms with Crippen LogP contribution in [-0.4, -0.2) is 13.0 Å². The van der Waals surface area contributed by atoms with Gasteiger partial charge < -0.3 is 4.57 Å². The first kappa shape index (κ1) is 9.01. The fourth-order valence-electron chi connectivity index (χ4n) is 1.03. The summed E-state index contributed by atoms with van der Waals surface area (Å²) in [6, 6.07) is 4.21. The van der Waals surface area contributed by atoms with Crippen molar-refractivity contribution < 1.29 is 4.70 Å². The number of nitrogens with zero attached hydrogens (tertiary/aromatic N) is 1. The van der Waals surface area contributed by atoms with E-state index in [-0.39, 0.29) is 13.1 Å². The molecule has 51 valence electrons. The van der Waals surface area contributed by atoms with Gasteiger partial charge in [0.2, 0.25) is 0 Å². The Balaban J connectivity index is 0.000000405. The topological polar surface area (TPSA) is 4.93 Å². The summed E-state index contributed by atoms with van der Waals surface area (Å²) in [5, 5.41) is 0. The standard InChI is InChI=1S/C7H7N.B.FH/c1-3-7-4-2-6-8(7)5-1;;/h1-3,5-6H,4H2;;1H. The number of aromatic nitrogens is 1. The van der Waals surface area contributed by atoms with Crippen LogP contribution in [0.3, 0.4) is 0 Å². The molecule has 2 rings (SSSR count). The first-order chi connectivity index (χ1) is 3.97. The molecule has 0 aromatic carbocycles. The van der Waals surface area contributed by atoms with E-state index >= 15 is 0 Å². The third-order valence-corrected chi connectivity index (χ3v) is 1.46. The van der Waals surface area contributed by atoms with Crippen molar-refractivity contribution in [2.45, 2.75) is 6.42 Å². The summed E-state index contributed by atoms with van der Waals surface area (Å²) in [5.41, 5.74) is 1.39. The Bertz CT molecular complexity index is 229. The van der Waals surface area contributed by atoms with Gasteiger partial charge >= 0.3 is 0 Å². The molecule has 0 bridgehead atoms. The van der Waals surface area contributed by atoms with Crippen molar-refractivity contribution in [3.05, 3.63) is 30.1 Å². The van der Waals surface area contributed by atoms with Crippen LogP contribution in [0, 0.1) is 0 Å². The van der Waals surface area contributed by atoms with Gasteiger partial charge in [-0.3, -0.25) is 4.70 Å². The molecular weight excluding hydrogens is 128 g/mol. The van der Waals surface area contributed by atoms with E-state index in [1.54, 1.807) is 0 Å². The molecule has 2 heterocycles. The van der Waals surface area contributed by atoms with Crippen LogP contribution in [0.1, 0.15) is 5.69 Å². The van der Waals surface area contributed by atoms with Gasteiger partial charge in [-0.25, -0.2) is 0 Å². The third kappa shape index (κ3) is 1.13. The van der Waals surface area contributed by atoms with Crippen molar-refractivity contribution >= 4 is 14.6 Å². The van der Waals surface area contributed by atoms with E-state index in [9.17, 15) is 0 Å². The Morgan fingerprint density at radius 2 is 2.20 bits per heavy atom. The molecule has 1 aromatic rings. The second kappa shape index (κ2) is 3.25. The van der Waals surface area contributed by atoms with Gasteiger partial charge in [0.1, 0.15) is 0 Å². The molecule has 0 amide bonds. The third-order valence-electron chi connectivity index (χ3n) is 1.46. The van der Waals surface area contributed by atoms with Gasteiger partial charge in [-0.2, -0.15) is 0 Å². The summed E-state index contributed by atoms with van der Waals surface area (Å²) < 4.78 is 2.14. The number of halogens is 1. The molecule has 0 saturated carbocycles. The highest BCUT2D eigenvalue weighted by Crippen LogP contribution is 2.10. The Morgan fingerprint density at radius 3 is 2.90 bits per heavy atom. The van der Waals surface area contributed by atoms with Gasteiger partial charge in [0.05, 0.1) is 0 Å². The van der Waals surface area contributed by atoms with E-state index in [1.165, 1.54) is 5.69 Å². The Hall–Kier alpha value is -0.985. The Labute approximate surface area is 61.3 Å². The van der Waals surface area contributed by atoms with Crippen LogP contribution in [0.4, 0.5) is 4.70 Å². The van der Waals surface area contributed by atoms with E-state index in [4.69, 9.17) is 0 Å². The lowest BCUT2D eigenvalue weighted by molar-refractivity contribution is 1.09. The molecule has 1 aromatic heterocycles. The average Bonchev–Trinajstić information content (AvgIpc) is 2.15. The number of rotatable bonds is 0. The molecule has 0 fully saturated rings. The summed E-state index contributed by atoms with van der Waals surface area (Å²) >= 11 is 0. The van der Waals surface area contributed by atoms with Crippen LogP contribution >= 0.6 is 0 Å². The Kier molecular flexibility index (Phi) is 2.93. The molecule has 1 aliphatic heterocycles. The zero-order chi connectivity index (χ0) is 5.40. The van der Waals surface area contributed by atoms with E-state index < -0.39 is 0 Å². The Morgan fingerprint density at radius 1 is 1.40 bits per heavy atom. The van der Waals surface area contributed by atoms with E-state index in [0.29, 0.717) is 0 Å². The lowest BCUT2D eigenvalue weighted by Crippen LogP contribution is -1.81. The average molecular weight is 136 g/mol. The van der Waals surface area contributed by atoms with Crippen LogP contribution < -0.4 is 0 Å². The maximum Gasteiger partial charge on any atom is 0.0259 e. The lowest BCUT2D eigenvalue weighted by atomic mass is 10.3. The molecular formula is C7H8BFN. The van der Waals surface area contributed by atoms with Crippen molar-refractivity contribution in [2.24, 2.45) is 0 Å². The fourth-order valence-corrected chi connectivity index (χ4v) is 1.03. The van der Waals surface area contributed by atoms with Crippen molar-refractivity contribution in [3.8, 4) is 0 Å². The van der Waals surface area contributed by atoms with Crippen LogP contribution in [0.2, 0.25) is 0 Å². The van der Waals surface area contributed by atoms with Crippen LogP contribution in [-0.2, 0) is 6.42 Å². The summed E-state index contributed by atoms with van der Waals surface area (Å²) in [6.07, 6.45) is 7.43. The van der Waals surface area contributed by atoms with E-state index in [0.717, 1.165) is 6.42 Å². The summed E-state index contributed by atoms with van der Waals surface area (Å²) in [7, 11) is 0. The minimum absolute atomic E-state index is 0. The first-order valence-corrected chi connectivity index (χ1v) is 2.79. The quantitative estimate of drug-likeness (QED) is 0.473. The molecule has 3 heteroatoms. The van der Waals surface area contributed by atoms with Gasteiger partial charge in [-0.1, -0.05) is 6.08 Å². The minimum atomic E-state index is 0. The van der Waals surface area contributed by atoms with Crippen molar-refractivity contribution in [1.29, 1.82) is 0 Å². The van der Waals surface area contributed by atoms with Gasteiger partial charge in [-0.05, 0) is 12.1 Å². The maximum absolute atomic E-state index is 2.16. The fraction of sp³-hybridized carbons (Fsp3) is 0.143. The molecule has 0 spiro atoms. The second-order valence-corrected chi connectivity index (χ2v) is 2.00. The maximum atomic E-state index is 2.16. The molecule has 0 atom stereocenters. The lowest BCUT2D eigenvalue weighted by Gasteiger charge is -1.88. The summed E-state index contributed by atoms with van der Waals surface area (Å²) in [5.74, 6) is 0. The molecule has 10 heavy (non-hydrogen) atoms.